The van der Waals surface area contributed by atoms with Gasteiger partial charge in [0.15, 0.2) is 6.61 Å². The van der Waals surface area contributed by atoms with Crippen molar-refractivity contribution in [1.29, 1.82) is 0 Å². The molecule has 2 aromatic rings. The summed E-state index contributed by atoms with van der Waals surface area (Å²) in [5.74, 6) is 1.37. The van der Waals surface area contributed by atoms with Crippen LogP contribution in [-0.4, -0.2) is 25.6 Å². The van der Waals surface area contributed by atoms with E-state index in [9.17, 15) is 4.79 Å². The number of amides is 1. The number of carbonyl (C=O) groups is 1. The molecular formula is C24H32N2O2. The monoisotopic (exact) mass is 380 g/mol. The Morgan fingerprint density at radius 2 is 1.93 bits per heavy atom. The van der Waals surface area contributed by atoms with E-state index in [1.807, 2.05) is 32.0 Å². The average molecular weight is 381 g/mol. The van der Waals surface area contributed by atoms with E-state index in [2.05, 4.69) is 48.3 Å². The number of hydrogen-bond donors (Lipinski definition) is 1. The molecule has 0 radical (unpaired) electrons. The number of nitrogens with zero attached hydrogens (tertiary/aromatic N) is 1. The molecule has 1 heterocycles. The maximum Gasteiger partial charge on any atom is 0.258 e. The minimum Gasteiger partial charge on any atom is -0.484 e. The first-order valence-electron chi connectivity index (χ1n) is 10.3. The van der Waals surface area contributed by atoms with Crippen LogP contribution in [0.5, 0.6) is 5.75 Å². The van der Waals surface area contributed by atoms with Gasteiger partial charge in [-0.25, -0.2) is 0 Å². The van der Waals surface area contributed by atoms with Crippen molar-refractivity contribution in [3.05, 3.63) is 59.2 Å². The molecule has 1 amide bonds. The summed E-state index contributed by atoms with van der Waals surface area (Å²) in [5, 5.41) is 3.02. The Kier molecular flexibility index (Phi) is 6.61. The summed E-state index contributed by atoms with van der Waals surface area (Å²) in [6.07, 6.45) is 2.58. The van der Waals surface area contributed by atoms with Gasteiger partial charge in [-0.3, -0.25) is 4.79 Å². The Labute approximate surface area is 168 Å². The van der Waals surface area contributed by atoms with Crippen LogP contribution in [0.4, 0.5) is 5.69 Å². The summed E-state index contributed by atoms with van der Waals surface area (Å²) in [6.45, 7) is 10.7. The molecule has 1 N–H and O–H groups in total. The van der Waals surface area contributed by atoms with Gasteiger partial charge < -0.3 is 15.0 Å². The topological polar surface area (TPSA) is 41.6 Å². The first-order chi connectivity index (χ1) is 13.4. The molecule has 0 aliphatic carbocycles. The minimum atomic E-state index is -0.111. The highest BCUT2D eigenvalue weighted by molar-refractivity contribution is 5.78. The van der Waals surface area contributed by atoms with Crippen LogP contribution >= 0.6 is 0 Å². The first kappa shape index (κ1) is 20.2. The molecule has 1 aliphatic rings. The van der Waals surface area contributed by atoms with E-state index in [-0.39, 0.29) is 18.6 Å². The lowest BCUT2D eigenvalue weighted by Crippen LogP contribution is -2.34. The number of piperidine rings is 1. The molecule has 1 saturated heterocycles. The van der Waals surface area contributed by atoms with Gasteiger partial charge in [0.2, 0.25) is 0 Å². The number of anilines is 1. The van der Waals surface area contributed by atoms with Gasteiger partial charge >= 0.3 is 0 Å². The predicted octanol–water partition coefficient (Wildman–Crippen LogP) is 4.80. The van der Waals surface area contributed by atoms with Crippen molar-refractivity contribution in [2.75, 3.05) is 24.6 Å². The van der Waals surface area contributed by atoms with Crippen LogP contribution in [0.25, 0.3) is 0 Å². The predicted molar refractivity (Wildman–Crippen MR) is 115 cm³/mol. The van der Waals surface area contributed by atoms with Crippen LogP contribution in [0.15, 0.2) is 42.5 Å². The number of benzene rings is 2. The lowest BCUT2D eigenvalue weighted by molar-refractivity contribution is -0.123. The fourth-order valence-electron chi connectivity index (χ4n) is 3.72. The Hall–Kier alpha value is -2.49. The van der Waals surface area contributed by atoms with E-state index in [0.717, 1.165) is 35.9 Å². The molecular weight excluding hydrogens is 348 g/mol. The standard InChI is InChI=1S/C24H32N2O2/c1-17-6-5-13-26(15-17)22-10-8-21(9-11-22)20(4)25-24(27)16-28-23-12-7-18(2)19(3)14-23/h7-12,14,17,20H,5-6,13,15-16H2,1-4H3,(H,25,27). The van der Waals surface area contributed by atoms with Crippen molar-refractivity contribution >= 4 is 11.6 Å². The summed E-state index contributed by atoms with van der Waals surface area (Å²) in [5.41, 5.74) is 4.75. The fourth-order valence-corrected chi connectivity index (χ4v) is 3.72. The zero-order chi connectivity index (χ0) is 20.1. The molecule has 4 heteroatoms. The van der Waals surface area contributed by atoms with Crippen molar-refractivity contribution in [2.24, 2.45) is 5.92 Å². The Balaban J connectivity index is 1.51. The third-order valence-corrected chi connectivity index (χ3v) is 5.64. The Morgan fingerprint density at radius 3 is 2.61 bits per heavy atom. The van der Waals surface area contributed by atoms with E-state index in [1.54, 1.807) is 0 Å². The summed E-state index contributed by atoms with van der Waals surface area (Å²) < 4.78 is 5.63. The van der Waals surface area contributed by atoms with Gasteiger partial charge in [-0.2, -0.15) is 0 Å². The van der Waals surface area contributed by atoms with Crippen molar-refractivity contribution < 1.29 is 9.53 Å². The molecule has 0 bridgehead atoms. The second-order valence-corrected chi connectivity index (χ2v) is 8.11. The van der Waals surface area contributed by atoms with E-state index in [0.29, 0.717) is 0 Å². The molecule has 150 valence electrons. The molecule has 2 unspecified atom stereocenters. The van der Waals surface area contributed by atoms with Crippen LogP contribution < -0.4 is 15.0 Å². The maximum absolute atomic E-state index is 12.3. The zero-order valence-corrected chi connectivity index (χ0v) is 17.5. The molecule has 1 aliphatic heterocycles. The highest BCUT2D eigenvalue weighted by Gasteiger charge is 2.17. The van der Waals surface area contributed by atoms with E-state index in [1.165, 1.54) is 24.1 Å². The van der Waals surface area contributed by atoms with Crippen molar-refractivity contribution in [3.8, 4) is 5.75 Å². The largest absolute Gasteiger partial charge is 0.484 e. The molecule has 2 aromatic carbocycles. The van der Waals surface area contributed by atoms with Gasteiger partial charge in [-0.1, -0.05) is 25.1 Å². The van der Waals surface area contributed by atoms with Gasteiger partial charge in [-0.05, 0) is 80.5 Å². The lowest BCUT2D eigenvalue weighted by Gasteiger charge is -2.33. The third-order valence-electron chi connectivity index (χ3n) is 5.64. The number of carbonyl (C=O) groups excluding carboxylic acids is 1. The number of nitrogens with one attached hydrogen (secondary N) is 1. The Morgan fingerprint density at radius 1 is 1.18 bits per heavy atom. The molecule has 1 fully saturated rings. The molecule has 4 nitrogen and oxygen atoms in total. The van der Waals surface area contributed by atoms with Gasteiger partial charge in [0.25, 0.3) is 5.91 Å². The van der Waals surface area contributed by atoms with Gasteiger partial charge in [0.05, 0.1) is 6.04 Å². The maximum atomic E-state index is 12.3. The summed E-state index contributed by atoms with van der Waals surface area (Å²) >= 11 is 0. The van der Waals surface area contributed by atoms with Crippen molar-refractivity contribution in [3.63, 3.8) is 0 Å². The molecule has 28 heavy (non-hydrogen) atoms. The third kappa shape index (κ3) is 5.28. The summed E-state index contributed by atoms with van der Waals surface area (Å²) in [7, 11) is 0. The van der Waals surface area contributed by atoms with Crippen molar-refractivity contribution in [2.45, 2.75) is 46.6 Å². The van der Waals surface area contributed by atoms with Gasteiger partial charge in [0, 0.05) is 18.8 Å². The van der Waals surface area contributed by atoms with Crippen LogP contribution in [0.1, 0.15) is 49.4 Å². The van der Waals surface area contributed by atoms with E-state index >= 15 is 0 Å². The van der Waals surface area contributed by atoms with Gasteiger partial charge in [-0.15, -0.1) is 0 Å². The van der Waals surface area contributed by atoms with E-state index < -0.39 is 0 Å². The molecule has 3 rings (SSSR count). The van der Waals surface area contributed by atoms with E-state index in [4.69, 9.17) is 4.74 Å². The molecule has 2 atom stereocenters. The van der Waals surface area contributed by atoms with Crippen LogP contribution in [0, 0.1) is 19.8 Å². The Bertz CT molecular complexity index is 801. The SMILES string of the molecule is Cc1ccc(OCC(=O)NC(C)c2ccc(N3CCCC(C)C3)cc2)cc1C. The van der Waals surface area contributed by atoms with Crippen LogP contribution in [0.2, 0.25) is 0 Å². The normalized spacial score (nSPS) is 17.9. The summed E-state index contributed by atoms with van der Waals surface area (Å²) in [6, 6.07) is 14.4. The number of rotatable bonds is 6. The van der Waals surface area contributed by atoms with Gasteiger partial charge in [0.1, 0.15) is 5.75 Å². The highest BCUT2D eigenvalue weighted by atomic mass is 16.5. The quantitative estimate of drug-likeness (QED) is 0.783. The summed E-state index contributed by atoms with van der Waals surface area (Å²) in [4.78, 5) is 14.7. The second-order valence-electron chi connectivity index (χ2n) is 8.11. The fraction of sp³-hybridized carbons (Fsp3) is 0.458. The smallest absolute Gasteiger partial charge is 0.258 e. The van der Waals surface area contributed by atoms with Crippen LogP contribution in [-0.2, 0) is 4.79 Å². The zero-order valence-electron chi connectivity index (χ0n) is 17.5. The number of ether oxygens (including phenoxy) is 1. The lowest BCUT2D eigenvalue weighted by atomic mass is 9.99. The highest BCUT2D eigenvalue weighted by Crippen LogP contribution is 2.24. The number of hydrogen-bond acceptors (Lipinski definition) is 3. The molecule has 0 aromatic heterocycles. The first-order valence-corrected chi connectivity index (χ1v) is 10.3. The van der Waals surface area contributed by atoms with Crippen LogP contribution in [0.3, 0.4) is 0 Å². The minimum absolute atomic E-state index is 0.0244. The molecule has 0 spiro atoms. The van der Waals surface area contributed by atoms with Crippen molar-refractivity contribution in [1.82, 2.24) is 5.32 Å². The average Bonchev–Trinajstić information content (AvgIpc) is 2.69. The number of aryl methyl sites for hydroxylation is 2. The molecule has 0 saturated carbocycles. The second kappa shape index (κ2) is 9.13.